The van der Waals surface area contributed by atoms with Gasteiger partial charge < -0.3 is 9.47 Å². The number of aromatic nitrogens is 1. The van der Waals surface area contributed by atoms with Crippen LogP contribution in [0.15, 0.2) is 292 Å². The minimum Gasteiger partial charge on any atom is -0.310 e. The van der Waals surface area contributed by atoms with Gasteiger partial charge in [-0.05, 0) is 194 Å². The molecule has 1 heterocycles. The summed E-state index contributed by atoms with van der Waals surface area (Å²) in [5, 5.41) is 2.46. The fraction of sp³-hybridized carbons (Fsp3) is 0.0633. The molecule has 1 unspecified atom stereocenters. The lowest BCUT2D eigenvalue weighted by molar-refractivity contribution is 0.768. The van der Waals surface area contributed by atoms with Crippen molar-refractivity contribution in [2.24, 2.45) is 0 Å². The van der Waals surface area contributed by atoms with Crippen molar-refractivity contribution in [3.05, 3.63) is 336 Å². The maximum absolute atomic E-state index is 4.10. The Balaban J connectivity index is 0.909. The zero-order valence-electron chi connectivity index (χ0n) is 45.8. The molecule has 0 bridgehead atoms. The predicted octanol–water partition coefficient (Wildman–Crippen LogP) is 20.9. The van der Waals surface area contributed by atoms with Crippen molar-refractivity contribution in [2.45, 2.75) is 32.1 Å². The first kappa shape index (κ1) is 49.3. The molecule has 12 aromatic rings. The van der Waals surface area contributed by atoms with E-state index in [-0.39, 0.29) is 0 Å². The highest BCUT2D eigenvalue weighted by atomic mass is 15.1. The summed E-state index contributed by atoms with van der Waals surface area (Å²) in [5.41, 5.74) is 28.4. The van der Waals surface area contributed by atoms with Crippen LogP contribution in [0.1, 0.15) is 58.4 Å². The van der Waals surface area contributed by atoms with Gasteiger partial charge in [-0.15, -0.1) is 0 Å². The lowest BCUT2D eigenvalue weighted by Gasteiger charge is -2.35. The minimum absolute atomic E-state index is 0.569. The molecular weight excluding hydrogens is 977 g/mol. The Hall–Kier alpha value is -10.0. The number of rotatable bonds is 13. The van der Waals surface area contributed by atoms with Gasteiger partial charge in [-0.3, -0.25) is 0 Å². The van der Waals surface area contributed by atoms with Gasteiger partial charge in [0.05, 0.1) is 16.4 Å². The smallest absolute Gasteiger partial charge is 0.0714 e. The van der Waals surface area contributed by atoms with Crippen LogP contribution in [0.25, 0.3) is 83.6 Å². The van der Waals surface area contributed by atoms with E-state index in [9.17, 15) is 0 Å². The summed E-state index contributed by atoms with van der Waals surface area (Å²) in [6.45, 7) is 12.3. The fourth-order valence-electron chi connectivity index (χ4n) is 12.8. The van der Waals surface area contributed by atoms with Crippen molar-refractivity contribution in [1.29, 1.82) is 0 Å². The number of benzene rings is 11. The molecule has 2 nitrogen and oxygen atoms in total. The number of fused-ring (bicyclic) bond motifs is 7. The topological polar surface area (TPSA) is 8.17 Å². The molecule has 0 N–H and O–H groups in total. The standard InChI is InChI=1S/C79H60N2/c1-5-53(3)24-25-54(4)60-18-15-21-69(49-60)81-77-46-36-63(50-73(77)74-51-64(37-47-78(74)81)62-31-29-58-28-30-61(58)48-62)59-34-42-68(43-35-59)80(67-40-32-57(33-41-67)56-16-9-7-10-17-56)70-44-45-72-71-22-13-14-23-75(71)79(76(72)52-70,65-19-11-8-12-20-65)66-38-26-55(6-2)27-39-66/h5-27,29,31-52H,1-2,28,30H2,3-4H3/b53-24+,54-25+. The van der Waals surface area contributed by atoms with Crippen LogP contribution < -0.4 is 4.90 Å². The molecule has 1 atom stereocenters. The van der Waals surface area contributed by atoms with E-state index in [1.807, 2.05) is 12.2 Å². The zero-order chi connectivity index (χ0) is 54.6. The second-order valence-electron chi connectivity index (χ2n) is 21.8. The molecule has 0 saturated heterocycles. The monoisotopic (exact) mass is 1040 g/mol. The van der Waals surface area contributed by atoms with E-state index >= 15 is 0 Å². The second-order valence-corrected chi connectivity index (χ2v) is 21.8. The molecule has 2 aliphatic rings. The lowest BCUT2D eigenvalue weighted by atomic mass is 9.67. The number of hydrogen-bond acceptors (Lipinski definition) is 1. The lowest BCUT2D eigenvalue weighted by Crippen LogP contribution is -2.28. The Morgan fingerprint density at radius 1 is 0.432 bits per heavy atom. The normalized spacial score (nSPS) is 14.5. The van der Waals surface area contributed by atoms with E-state index in [1.54, 1.807) is 0 Å². The van der Waals surface area contributed by atoms with E-state index < -0.39 is 5.41 Å². The average Bonchev–Trinajstić information content (AvgIpc) is 4.25. The molecule has 2 heteroatoms. The average molecular weight is 1040 g/mol. The molecule has 0 spiro atoms. The highest BCUT2D eigenvalue weighted by molar-refractivity contribution is 6.12. The molecule has 0 amide bonds. The molecule has 14 rings (SSSR count). The molecule has 0 fully saturated rings. The number of anilines is 3. The summed E-state index contributed by atoms with van der Waals surface area (Å²) in [5.74, 6) is 0. The summed E-state index contributed by atoms with van der Waals surface area (Å²) >= 11 is 0. The van der Waals surface area contributed by atoms with Crippen molar-refractivity contribution in [3.63, 3.8) is 0 Å². The molecule has 1 aromatic heterocycles. The van der Waals surface area contributed by atoms with Crippen LogP contribution >= 0.6 is 0 Å². The second kappa shape index (κ2) is 20.3. The molecule has 0 aliphatic heterocycles. The third-order valence-corrected chi connectivity index (χ3v) is 17.2. The fourth-order valence-corrected chi connectivity index (χ4v) is 12.8. The van der Waals surface area contributed by atoms with Crippen LogP contribution in [0.4, 0.5) is 17.1 Å². The van der Waals surface area contributed by atoms with E-state index in [2.05, 4.69) is 303 Å². The van der Waals surface area contributed by atoms with Gasteiger partial charge in [0.15, 0.2) is 0 Å². The largest absolute Gasteiger partial charge is 0.310 e. The molecule has 81 heavy (non-hydrogen) atoms. The maximum Gasteiger partial charge on any atom is 0.0714 e. The quantitative estimate of drug-likeness (QED) is 0.105. The summed E-state index contributed by atoms with van der Waals surface area (Å²) in [6, 6.07) is 95.0. The first-order chi connectivity index (χ1) is 39.9. The Labute approximate surface area is 475 Å². The molecular formula is C79H60N2. The van der Waals surface area contributed by atoms with Crippen molar-refractivity contribution >= 4 is 50.5 Å². The van der Waals surface area contributed by atoms with Gasteiger partial charge in [0, 0.05) is 33.5 Å². The molecule has 2 aliphatic carbocycles. The van der Waals surface area contributed by atoms with Crippen LogP contribution in [0.2, 0.25) is 0 Å². The zero-order valence-corrected chi connectivity index (χ0v) is 45.8. The highest BCUT2D eigenvalue weighted by Gasteiger charge is 2.46. The van der Waals surface area contributed by atoms with Crippen LogP contribution in [0, 0.1) is 0 Å². The van der Waals surface area contributed by atoms with Gasteiger partial charge in [-0.25, -0.2) is 0 Å². The van der Waals surface area contributed by atoms with Gasteiger partial charge >= 0.3 is 0 Å². The number of allylic oxidation sites excluding steroid dienone is 5. The predicted molar refractivity (Wildman–Crippen MR) is 344 cm³/mol. The van der Waals surface area contributed by atoms with Gasteiger partial charge in [-0.2, -0.15) is 0 Å². The Morgan fingerprint density at radius 2 is 0.988 bits per heavy atom. The van der Waals surface area contributed by atoms with Crippen LogP contribution in [-0.2, 0) is 18.3 Å². The molecule has 0 saturated carbocycles. The molecule has 386 valence electrons. The van der Waals surface area contributed by atoms with E-state index in [4.69, 9.17) is 0 Å². The molecule has 11 aromatic carbocycles. The Morgan fingerprint density at radius 3 is 1.64 bits per heavy atom. The number of hydrogen-bond donors (Lipinski definition) is 0. The van der Waals surface area contributed by atoms with Gasteiger partial charge in [0.25, 0.3) is 0 Å². The van der Waals surface area contributed by atoms with Gasteiger partial charge in [-0.1, -0.05) is 225 Å². The van der Waals surface area contributed by atoms with Crippen molar-refractivity contribution in [1.82, 2.24) is 4.57 Å². The van der Waals surface area contributed by atoms with E-state index in [0.717, 1.165) is 45.9 Å². The SMILES string of the molecule is C=C/C(C)=C/C=C(\C)c1cccc(-n2c3ccc(-c4ccc(N(c5ccc(-c6ccccc6)cc5)c5ccc6c(c5)C(c5ccccc5)(c5ccc(C=C)cc5)c5ccccc5-6)cc4)cc3c3cc(-c4ccc5c(c4)CC5)ccc32)c1. The highest BCUT2D eigenvalue weighted by Crippen LogP contribution is 2.57. The third kappa shape index (κ3) is 8.51. The summed E-state index contributed by atoms with van der Waals surface area (Å²) in [7, 11) is 0. The van der Waals surface area contributed by atoms with Crippen LogP contribution in [0.3, 0.4) is 0 Å². The van der Waals surface area contributed by atoms with Crippen molar-refractivity contribution in [3.8, 4) is 50.2 Å². The Kier molecular flexibility index (Phi) is 12.4. The van der Waals surface area contributed by atoms with Gasteiger partial charge in [0.2, 0.25) is 0 Å². The van der Waals surface area contributed by atoms with Gasteiger partial charge in [0.1, 0.15) is 0 Å². The Bertz CT molecular complexity index is 4480. The summed E-state index contributed by atoms with van der Waals surface area (Å²) < 4.78 is 2.44. The van der Waals surface area contributed by atoms with E-state index in [1.165, 1.54) is 112 Å². The van der Waals surface area contributed by atoms with Crippen molar-refractivity contribution < 1.29 is 0 Å². The van der Waals surface area contributed by atoms with Crippen LogP contribution in [-0.4, -0.2) is 4.57 Å². The van der Waals surface area contributed by atoms with E-state index in [0.29, 0.717) is 0 Å². The maximum atomic E-state index is 4.10. The summed E-state index contributed by atoms with van der Waals surface area (Å²) in [4.78, 5) is 2.43. The first-order valence-corrected chi connectivity index (χ1v) is 28.2. The minimum atomic E-state index is -0.569. The number of nitrogens with zero attached hydrogens (tertiary/aromatic N) is 2. The van der Waals surface area contributed by atoms with Crippen molar-refractivity contribution in [2.75, 3.05) is 4.90 Å². The first-order valence-electron chi connectivity index (χ1n) is 28.2. The summed E-state index contributed by atoms with van der Waals surface area (Å²) in [6.07, 6.45) is 10.5. The third-order valence-electron chi connectivity index (χ3n) is 17.2. The number of aryl methyl sites for hydroxylation is 2. The van der Waals surface area contributed by atoms with Crippen LogP contribution in [0.5, 0.6) is 0 Å². The molecule has 0 radical (unpaired) electrons.